The molecule has 0 saturated heterocycles. The van der Waals surface area contributed by atoms with E-state index in [2.05, 4.69) is 30.5 Å². The Bertz CT molecular complexity index is 837. The van der Waals surface area contributed by atoms with Crippen molar-refractivity contribution in [1.82, 2.24) is 29.9 Å². The van der Waals surface area contributed by atoms with E-state index in [1.54, 1.807) is 17.1 Å². The van der Waals surface area contributed by atoms with Crippen molar-refractivity contribution < 1.29 is 4.52 Å². The highest BCUT2D eigenvalue weighted by Crippen LogP contribution is 2.12. The molecule has 0 aliphatic rings. The highest BCUT2D eigenvalue weighted by molar-refractivity contribution is 5.36. The van der Waals surface area contributed by atoms with Gasteiger partial charge in [-0.25, -0.2) is 9.67 Å². The van der Waals surface area contributed by atoms with Crippen LogP contribution in [0.3, 0.4) is 0 Å². The third-order valence-electron chi connectivity index (χ3n) is 3.72. The highest BCUT2D eigenvalue weighted by atomic mass is 16.5. The lowest BCUT2D eigenvalue weighted by atomic mass is 10.2. The minimum Gasteiger partial charge on any atom is -0.369 e. The normalized spacial score (nSPS) is 11.2. The Hall–Kier alpha value is -2.77. The Morgan fingerprint density at radius 1 is 1.20 bits per heavy atom. The molecule has 0 fully saturated rings. The van der Waals surface area contributed by atoms with Gasteiger partial charge in [-0.3, -0.25) is 4.98 Å². The largest absolute Gasteiger partial charge is 0.369 e. The predicted octanol–water partition coefficient (Wildman–Crippen LogP) is 2.83. The lowest BCUT2D eigenvalue weighted by Gasteiger charge is -2.07. The first-order valence-electron chi connectivity index (χ1n) is 8.45. The third-order valence-corrected chi connectivity index (χ3v) is 3.72. The van der Waals surface area contributed by atoms with Gasteiger partial charge in [-0.05, 0) is 26.3 Å². The van der Waals surface area contributed by atoms with E-state index in [1.807, 2.05) is 33.8 Å². The van der Waals surface area contributed by atoms with Crippen molar-refractivity contribution >= 4 is 5.82 Å². The Labute approximate surface area is 146 Å². The average molecular weight is 341 g/mol. The molecule has 3 heterocycles. The van der Waals surface area contributed by atoms with Gasteiger partial charge in [-0.2, -0.15) is 10.1 Å². The summed E-state index contributed by atoms with van der Waals surface area (Å²) in [4.78, 5) is 13.2. The van der Waals surface area contributed by atoms with Crippen molar-refractivity contribution in [2.75, 3.05) is 11.9 Å². The van der Waals surface area contributed by atoms with Crippen molar-refractivity contribution in [3.63, 3.8) is 0 Å². The van der Waals surface area contributed by atoms with Crippen LogP contribution in [0.5, 0.6) is 0 Å². The van der Waals surface area contributed by atoms with E-state index >= 15 is 0 Å². The molecule has 0 atom stereocenters. The number of nitrogens with one attached hydrogen (secondary N) is 1. The molecule has 0 spiro atoms. The molecule has 0 saturated carbocycles. The zero-order valence-electron chi connectivity index (χ0n) is 15.0. The second-order valence-electron chi connectivity index (χ2n) is 6.33. The van der Waals surface area contributed by atoms with Gasteiger partial charge in [0.1, 0.15) is 5.82 Å². The van der Waals surface area contributed by atoms with Crippen LogP contribution in [0, 0.1) is 13.8 Å². The number of anilines is 1. The molecule has 0 unspecified atom stereocenters. The molecule has 8 nitrogen and oxygen atoms in total. The van der Waals surface area contributed by atoms with Gasteiger partial charge in [0.2, 0.25) is 5.89 Å². The maximum absolute atomic E-state index is 5.24. The minimum atomic E-state index is 0.281. The molecule has 25 heavy (non-hydrogen) atoms. The van der Waals surface area contributed by atoms with Crippen LogP contribution in [0.25, 0.3) is 5.82 Å². The first-order chi connectivity index (χ1) is 12.0. The topological polar surface area (TPSA) is 94.6 Å². The van der Waals surface area contributed by atoms with Gasteiger partial charge in [-0.15, -0.1) is 0 Å². The van der Waals surface area contributed by atoms with E-state index in [1.165, 1.54) is 0 Å². The van der Waals surface area contributed by atoms with E-state index in [4.69, 9.17) is 4.52 Å². The van der Waals surface area contributed by atoms with Crippen LogP contribution in [0.15, 0.2) is 23.0 Å². The van der Waals surface area contributed by atoms with E-state index < -0.39 is 0 Å². The Morgan fingerprint density at radius 3 is 2.72 bits per heavy atom. The van der Waals surface area contributed by atoms with Crippen LogP contribution in [0.1, 0.15) is 49.3 Å². The molecule has 3 aromatic rings. The summed E-state index contributed by atoms with van der Waals surface area (Å²) in [6.07, 6.45) is 5.01. The van der Waals surface area contributed by atoms with E-state index in [0.29, 0.717) is 11.7 Å². The molecule has 3 aromatic heterocycles. The summed E-state index contributed by atoms with van der Waals surface area (Å²) in [7, 11) is 0. The summed E-state index contributed by atoms with van der Waals surface area (Å²) in [6, 6.07) is 2.01. The van der Waals surface area contributed by atoms with E-state index in [-0.39, 0.29) is 5.92 Å². The molecule has 0 radical (unpaired) electrons. The fourth-order valence-corrected chi connectivity index (χ4v) is 2.46. The monoisotopic (exact) mass is 341 g/mol. The smallest absolute Gasteiger partial charge is 0.226 e. The maximum Gasteiger partial charge on any atom is 0.226 e. The molecule has 1 N–H and O–H groups in total. The lowest BCUT2D eigenvalue weighted by Crippen LogP contribution is -2.08. The molecular weight excluding hydrogens is 318 g/mol. The van der Waals surface area contributed by atoms with Gasteiger partial charge in [0.05, 0.1) is 18.1 Å². The summed E-state index contributed by atoms with van der Waals surface area (Å²) >= 11 is 0. The van der Waals surface area contributed by atoms with Gasteiger partial charge >= 0.3 is 0 Å². The molecule has 0 bridgehead atoms. The molecular formula is C17H23N7O. The summed E-state index contributed by atoms with van der Waals surface area (Å²) in [5, 5.41) is 11.7. The molecule has 0 aliphatic carbocycles. The Morgan fingerprint density at radius 2 is 2.04 bits per heavy atom. The summed E-state index contributed by atoms with van der Waals surface area (Å²) < 4.78 is 7.03. The van der Waals surface area contributed by atoms with Crippen LogP contribution in [-0.4, -0.2) is 36.4 Å². The van der Waals surface area contributed by atoms with Crippen LogP contribution < -0.4 is 5.32 Å². The molecule has 0 amide bonds. The fourth-order valence-electron chi connectivity index (χ4n) is 2.46. The van der Waals surface area contributed by atoms with Crippen LogP contribution in [0.4, 0.5) is 5.82 Å². The van der Waals surface area contributed by atoms with Crippen LogP contribution >= 0.6 is 0 Å². The van der Waals surface area contributed by atoms with E-state index in [0.717, 1.165) is 42.4 Å². The zero-order valence-corrected chi connectivity index (χ0v) is 15.0. The minimum absolute atomic E-state index is 0.281. The SMILES string of the molecule is Cc1cc(C)n(-c2cncc(NCCCc3nc(C(C)C)no3)n2)n1. The summed E-state index contributed by atoms with van der Waals surface area (Å²) in [5.74, 6) is 3.13. The third kappa shape index (κ3) is 4.20. The van der Waals surface area contributed by atoms with Gasteiger partial charge in [0.15, 0.2) is 11.6 Å². The number of aromatic nitrogens is 6. The second kappa shape index (κ2) is 7.42. The highest BCUT2D eigenvalue weighted by Gasteiger charge is 2.09. The van der Waals surface area contributed by atoms with Gasteiger partial charge in [-0.1, -0.05) is 19.0 Å². The standard InChI is InChI=1S/C17H23N7O/c1-11(2)17-21-16(25-23-17)6-5-7-19-14-9-18-10-15(20-14)24-13(4)8-12(3)22-24/h8-11H,5-7H2,1-4H3,(H,19,20). The maximum atomic E-state index is 5.24. The van der Waals surface area contributed by atoms with Crippen LogP contribution in [-0.2, 0) is 6.42 Å². The number of hydrogen-bond acceptors (Lipinski definition) is 7. The van der Waals surface area contributed by atoms with Crippen molar-refractivity contribution in [2.45, 2.75) is 46.5 Å². The fraction of sp³-hybridized carbons (Fsp3) is 0.471. The van der Waals surface area contributed by atoms with Gasteiger partial charge in [0.25, 0.3) is 0 Å². The zero-order chi connectivity index (χ0) is 17.8. The first-order valence-corrected chi connectivity index (χ1v) is 8.45. The van der Waals surface area contributed by atoms with E-state index in [9.17, 15) is 0 Å². The lowest BCUT2D eigenvalue weighted by molar-refractivity contribution is 0.369. The number of hydrogen-bond donors (Lipinski definition) is 1. The predicted molar refractivity (Wildman–Crippen MR) is 93.8 cm³/mol. The van der Waals surface area contributed by atoms with Gasteiger partial charge < -0.3 is 9.84 Å². The van der Waals surface area contributed by atoms with Crippen molar-refractivity contribution in [1.29, 1.82) is 0 Å². The molecule has 8 heteroatoms. The first kappa shape index (κ1) is 17.1. The Balaban J connectivity index is 1.55. The molecule has 0 aliphatic heterocycles. The van der Waals surface area contributed by atoms with Crippen LogP contribution in [0.2, 0.25) is 0 Å². The number of nitrogens with zero attached hydrogens (tertiary/aromatic N) is 6. The number of rotatable bonds is 7. The quantitative estimate of drug-likeness (QED) is 0.660. The number of aryl methyl sites for hydroxylation is 3. The molecule has 132 valence electrons. The Kier molecular flexibility index (Phi) is 5.06. The summed E-state index contributed by atoms with van der Waals surface area (Å²) in [6.45, 7) is 8.79. The second-order valence-corrected chi connectivity index (χ2v) is 6.33. The molecule has 3 rings (SSSR count). The van der Waals surface area contributed by atoms with Crippen molar-refractivity contribution in [2.24, 2.45) is 0 Å². The van der Waals surface area contributed by atoms with Gasteiger partial charge in [0, 0.05) is 24.6 Å². The average Bonchev–Trinajstić information content (AvgIpc) is 3.18. The van der Waals surface area contributed by atoms with Crippen molar-refractivity contribution in [3.8, 4) is 5.82 Å². The van der Waals surface area contributed by atoms with Crippen molar-refractivity contribution in [3.05, 3.63) is 41.6 Å². The summed E-state index contributed by atoms with van der Waals surface area (Å²) in [5.41, 5.74) is 1.99. The molecule has 0 aromatic carbocycles.